The number of rotatable bonds is 2. The Morgan fingerprint density at radius 3 is 2.62 bits per heavy atom. The second-order valence-corrected chi connectivity index (χ2v) is 5.08. The van der Waals surface area contributed by atoms with Crippen molar-refractivity contribution >= 4 is 15.9 Å². The van der Waals surface area contributed by atoms with Gasteiger partial charge in [-0.15, -0.1) is 0 Å². The molecule has 0 bridgehead atoms. The van der Waals surface area contributed by atoms with Gasteiger partial charge in [0.05, 0.1) is 17.7 Å². The number of nitrogens with zero attached hydrogens (tertiary/aromatic N) is 1. The van der Waals surface area contributed by atoms with Crippen LogP contribution in [0.15, 0.2) is 22.7 Å². The average Bonchev–Trinajstić information content (AvgIpc) is 2.29. The summed E-state index contributed by atoms with van der Waals surface area (Å²) < 4.78 is 6.80. The van der Waals surface area contributed by atoms with Gasteiger partial charge in [-0.2, -0.15) is 5.26 Å². The third-order valence-corrected chi connectivity index (χ3v) is 3.31. The third-order valence-electron chi connectivity index (χ3n) is 2.86. The molecule has 1 fully saturated rings. The minimum absolute atomic E-state index is 0.328. The lowest BCUT2D eigenvalue weighted by atomic mass is 9.98. The van der Waals surface area contributed by atoms with E-state index in [2.05, 4.69) is 22.0 Å². The summed E-state index contributed by atoms with van der Waals surface area (Å²) in [4.78, 5) is 0. The lowest BCUT2D eigenvalue weighted by Gasteiger charge is -2.23. The summed E-state index contributed by atoms with van der Waals surface area (Å²) in [5.41, 5.74) is 0.639. The Balaban J connectivity index is 2.08. The standard InChI is InChI=1S/C13H14BrNO/c14-11-6-10(9-15)7-13(8-11)16-12-4-2-1-3-5-12/h6-8,12H,1-5H2. The zero-order valence-corrected chi connectivity index (χ0v) is 10.7. The van der Waals surface area contributed by atoms with Crippen LogP contribution in [0.25, 0.3) is 0 Å². The van der Waals surface area contributed by atoms with Crippen LogP contribution in [0.5, 0.6) is 5.75 Å². The van der Waals surface area contributed by atoms with E-state index in [1.807, 2.05) is 6.07 Å². The maximum absolute atomic E-state index is 8.87. The summed E-state index contributed by atoms with van der Waals surface area (Å²) in [6.07, 6.45) is 6.42. The largest absolute Gasteiger partial charge is 0.490 e. The van der Waals surface area contributed by atoms with Crippen LogP contribution in [0.1, 0.15) is 37.7 Å². The van der Waals surface area contributed by atoms with Crippen LogP contribution in [-0.2, 0) is 0 Å². The fraction of sp³-hybridized carbons (Fsp3) is 0.462. The van der Waals surface area contributed by atoms with Crippen LogP contribution in [0.3, 0.4) is 0 Å². The van der Waals surface area contributed by atoms with Gasteiger partial charge < -0.3 is 4.74 Å². The van der Waals surface area contributed by atoms with E-state index in [9.17, 15) is 0 Å². The van der Waals surface area contributed by atoms with Gasteiger partial charge in [-0.1, -0.05) is 22.4 Å². The zero-order chi connectivity index (χ0) is 11.4. The molecule has 1 aliphatic carbocycles. The first-order chi connectivity index (χ1) is 7.78. The smallest absolute Gasteiger partial charge is 0.122 e. The topological polar surface area (TPSA) is 33.0 Å². The van der Waals surface area contributed by atoms with Crippen molar-refractivity contribution < 1.29 is 4.74 Å². The van der Waals surface area contributed by atoms with E-state index < -0.39 is 0 Å². The summed E-state index contributed by atoms with van der Waals surface area (Å²) >= 11 is 3.39. The molecule has 0 saturated heterocycles. The highest BCUT2D eigenvalue weighted by molar-refractivity contribution is 9.10. The van der Waals surface area contributed by atoms with Gasteiger partial charge in [0, 0.05) is 4.47 Å². The molecule has 0 heterocycles. The molecule has 2 rings (SSSR count). The Hall–Kier alpha value is -1.01. The number of hydrogen-bond acceptors (Lipinski definition) is 2. The number of benzene rings is 1. The number of nitriles is 1. The molecular weight excluding hydrogens is 266 g/mol. The lowest BCUT2D eigenvalue weighted by Crippen LogP contribution is -2.19. The molecule has 0 spiro atoms. The van der Waals surface area contributed by atoms with Gasteiger partial charge >= 0.3 is 0 Å². The average molecular weight is 280 g/mol. The Morgan fingerprint density at radius 1 is 1.19 bits per heavy atom. The van der Waals surface area contributed by atoms with Crippen molar-refractivity contribution in [1.29, 1.82) is 5.26 Å². The maximum atomic E-state index is 8.87. The van der Waals surface area contributed by atoms with Gasteiger partial charge in [0.2, 0.25) is 0 Å². The third kappa shape index (κ3) is 2.99. The van der Waals surface area contributed by atoms with Gasteiger partial charge in [0.15, 0.2) is 0 Å². The molecule has 0 aromatic heterocycles. The van der Waals surface area contributed by atoms with E-state index in [1.54, 1.807) is 12.1 Å². The quantitative estimate of drug-likeness (QED) is 0.819. The second kappa shape index (κ2) is 5.36. The molecule has 0 atom stereocenters. The molecule has 0 unspecified atom stereocenters. The second-order valence-electron chi connectivity index (χ2n) is 4.17. The minimum Gasteiger partial charge on any atom is -0.490 e. The molecule has 0 amide bonds. The molecule has 0 N–H and O–H groups in total. The van der Waals surface area contributed by atoms with Crippen LogP contribution in [0, 0.1) is 11.3 Å². The highest BCUT2D eigenvalue weighted by Gasteiger charge is 2.15. The molecule has 1 aromatic carbocycles. The van der Waals surface area contributed by atoms with Crippen molar-refractivity contribution in [3.05, 3.63) is 28.2 Å². The SMILES string of the molecule is N#Cc1cc(Br)cc(OC2CCCCC2)c1. The molecule has 84 valence electrons. The summed E-state index contributed by atoms with van der Waals surface area (Å²) in [5, 5.41) is 8.87. The molecule has 3 heteroatoms. The molecule has 0 radical (unpaired) electrons. The highest BCUT2D eigenvalue weighted by Crippen LogP contribution is 2.26. The molecule has 1 aromatic rings. The number of halogens is 1. The van der Waals surface area contributed by atoms with E-state index >= 15 is 0 Å². The van der Waals surface area contributed by atoms with Crippen LogP contribution in [0.2, 0.25) is 0 Å². The van der Waals surface area contributed by atoms with Gasteiger partial charge in [-0.25, -0.2) is 0 Å². The van der Waals surface area contributed by atoms with E-state index in [4.69, 9.17) is 10.00 Å². The van der Waals surface area contributed by atoms with Crippen LogP contribution >= 0.6 is 15.9 Å². The highest BCUT2D eigenvalue weighted by atomic mass is 79.9. The van der Waals surface area contributed by atoms with Gasteiger partial charge in [-0.05, 0) is 43.9 Å². The van der Waals surface area contributed by atoms with Crippen molar-refractivity contribution in [3.8, 4) is 11.8 Å². The van der Waals surface area contributed by atoms with E-state index in [-0.39, 0.29) is 0 Å². The minimum atomic E-state index is 0.328. The number of hydrogen-bond donors (Lipinski definition) is 0. The van der Waals surface area contributed by atoms with Gasteiger partial charge in [0.25, 0.3) is 0 Å². The fourth-order valence-electron chi connectivity index (χ4n) is 2.07. The van der Waals surface area contributed by atoms with E-state index in [1.165, 1.54) is 19.3 Å². The number of ether oxygens (including phenoxy) is 1. The Bertz CT molecular complexity index is 405. The molecular formula is C13H14BrNO. The van der Waals surface area contributed by atoms with Crippen molar-refractivity contribution in [2.24, 2.45) is 0 Å². The van der Waals surface area contributed by atoms with Crippen molar-refractivity contribution in [3.63, 3.8) is 0 Å². The monoisotopic (exact) mass is 279 g/mol. The first-order valence-corrected chi connectivity index (χ1v) is 6.44. The lowest BCUT2D eigenvalue weighted by molar-refractivity contribution is 0.155. The molecule has 0 aliphatic heterocycles. The van der Waals surface area contributed by atoms with E-state index in [0.29, 0.717) is 11.7 Å². The Kier molecular flexibility index (Phi) is 3.84. The van der Waals surface area contributed by atoms with Crippen LogP contribution in [0.4, 0.5) is 0 Å². The Morgan fingerprint density at radius 2 is 1.94 bits per heavy atom. The summed E-state index contributed by atoms with van der Waals surface area (Å²) in [6, 6.07) is 7.67. The van der Waals surface area contributed by atoms with Gasteiger partial charge in [-0.3, -0.25) is 0 Å². The molecule has 1 aliphatic rings. The zero-order valence-electron chi connectivity index (χ0n) is 9.08. The summed E-state index contributed by atoms with van der Waals surface area (Å²) in [5.74, 6) is 0.804. The molecule has 16 heavy (non-hydrogen) atoms. The Labute approximate surface area is 104 Å². The molecule has 2 nitrogen and oxygen atoms in total. The molecule has 1 saturated carbocycles. The van der Waals surface area contributed by atoms with Crippen molar-refractivity contribution in [2.75, 3.05) is 0 Å². The summed E-state index contributed by atoms with van der Waals surface area (Å²) in [6.45, 7) is 0. The normalized spacial score (nSPS) is 16.8. The summed E-state index contributed by atoms with van der Waals surface area (Å²) in [7, 11) is 0. The first kappa shape index (κ1) is 11.5. The van der Waals surface area contributed by atoms with Crippen molar-refractivity contribution in [1.82, 2.24) is 0 Å². The maximum Gasteiger partial charge on any atom is 0.122 e. The van der Waals surface area contributed by atoms with Gasteiger partial charge in [0.1, 0.15) is 5.75 Å². The first-order valence-electron chi connectivity index (χ1n) is 5.65. The van der Waals surface area contributed by atoms with Crippen LogP contribution in [-0.4, -0.2) is 6.10 Å². The predicted octanol–water partition coefficient (Wildman–Crippen LogP) is 4.03. The fourth-order valence-corrected chi connectivity index (χ4v) is 2.54. The van der Waals surface area contributed by atoms with E-state index in [0.717, 1.165) is 23.1 Å². The predicted molar refractivity (Wildman–Crippen MR) is 66.4 cm³/mol. The van der Waals surface area contributed by atoms with Crippen molar-refractivity contribution in [2.45, 2.75) is 38.2 Å². The van der Waals surface area contributed by atoms with Crippen LogP contribution < -0.4 is 4.74 Å².